The van der Waals surface area contributed by atoms with Gasteiger partial charge in [-0.2, -0.15) is 0 Å². The van der Waals surface area contributed by atoms with Crippen molar-refractivity contribution in [3.8, 4) is 0 Å². The second kappa shape index (κ2) is 15.1. The van der Waals surface area contributed by atoms with Gasteiger partial charge in [0.15, 0.2) is 18.9 Å². The molecule has 0 unspecified atom stereocenters. The van der Waals surface area contributed by atoms with Crippen molar-refractivity contribution in [2.75, 3.05) is 6.61 Å². The Morgan fingerprint density at radius 1 is 0.709 bits per heavy atom. The van der Waals surface area contributed by atoms with Gasteiger partial charge in [-0.25, -0.2) is 4.79 Å². The van der Waals surface area contributed by atoms with Crippen LogP contribution in [0.5, 0.6) is 0 Å². The zero-order valence-electron chi connectivity index (χ0n) is 32.9. The minimum Gasteiger partial charge on any atom is -0.458 e. The van der Waals surface area contributed by atoms with Crippen LogP contribution in [0.2, 0.25) is 0 Å². The van der Waals surface area contributed by atoms with Crippen LogP contribution in [0.15, 0.2) is 11.6 Å². The first-order valence-electron chi connectivity index (χ1n) is 20.9. The maximum Gasteiger partial charge on any atom is 0.331 e. The molecule has 8 aliphatic rings. The highest BCUT2D eigenvalue weighted by atomic mass is 16.7. The summed E-state index contributed by atoms with van der Waals surface area (Å²) < 4.78 is 43.2. The standard InChI is InChI=1S/C41H64O14/c1-19-36(46)27(42)14-32(50-19)54-30-16-34(52-21(3)38(30)55-33-15-28(43)37(47)20(2)51-33)53-24-8-10-39(4)23(13-24)6-7-26-25(39)9-11-40(5)35(22-12-31(45)49-18-22)29(44)17-41(26,40)48/h12,19-21,23-30,32-38,42-44,46-48H,6-11,13-18H2,1-5H3/t19-,20-,21-,23-,24+,25+,26-,27+,28+,29+,30+,32+,33+,34+,35+,36-,37-,38-,39+,40-,41+/m1/s1. The maximum absolute atomic E-state index is 12.6. The molecule has 4 saturated carbocycles. The van der Waals surface area contributed by atoms with Gasteiger partial charge in [0.1, 0.15) is 24.9 Å². The molecule has 6 N–H and O–H groups in total. The van der Waals surface area contributed by atoms with E-state index in [2.05, 4.69) is 13.8 Å². The summed E-state index contributed by atoms with van der Waals surface area (Å²) >= 11 is 0. The van der Waals surface area contributed by atoms with Gasteiger partial charge in [0.2, 0.25) is 0 Å². The lowest BCUT2D eigenvalue weighted by Gasteiger charge is -2.63. The van der Waals surface area contributed by atoms with Crippen LogP contribution >= 0.6 is 0 Å². The number of fused-ring (bicyclic) bond motifs is 5. The Kier molecular flexibility index (Phi) is 11.1. The van der Waals surface area contributed by atoms with E-state index in [1.165, 1.54) is 6.08 Å². The van der Waals surface area contributed by atoms with Gasteiger partial charge >= 0.3 is 5.97 Å². The number of hydrogen-bond donors (Lipinski definition) is 6. The molecule has 14 nitrogen and oxygen atoms in total. The van der Waals surface area contributed by atoms with E-state index in [0.29, 0.717) is 24.7 Å². The van der Waals surface area contributed by atoms with Gasteiger partial charge in [-0.1, -0.05) is 13.8 Å². The van der Waals surface area contributed by atoms with E-state index < -0.39 is 90.9 Å². The molecule has 0 radical (unpaired) electrons. The summed E-state index contributed by atoms with van der Waals surface area (Å²) in [6.45, 7) is 9.97. The summed E-state index contributed by atoms with van der Waals surface area (Å²) in [4.78, 5) is 12.0. The van der Waals surface area contributed by atoms with E-state index in [9.17, 15) is 35.4 Å². The molecule has 4 aliphatic heterocycles. The van der Waals surface area contributed by atoms with Crippen LogP contribution in [-0.4, -0.2) is 135 Å². The van der Waals surface area contributed by atoms with Gasteiger partial charge in [-0.15, -0.1) is 0 Å². The molecule has 312 valence electrons. The van der Waals surface area contributed by atoms with Gasteiger partial charge in [0, 0.05) is 43.1 Å². The molecule has 0 aromatic heterocycles. The average molecular weight is 781 g/mol. The lowest BCUT2D eigenvalue weighted by atomic mass is 9.43. The van der Waals surface area contributed by atoms with E-state index in [4.69, 9.17) is 33.2 Å². The number of aliphatic hydroxyl groups excluding tert-OH is 5. The van der Waals surface area contributed by atoms with Crippen LogP contribution in [0.25, 0.3) is 0 Å². The van der Waals surface area contributed by atoms with E-state index in [-0.39, 0.29) is 48.8 Å². The van der Waals surface area contributed by atoms with Crippen LogP contribution in [-0.2, 0) is 38.0 Å². The third-order valence-corrected chi connectivity index (χ3v) is 15.8. The first-order valence-corrected chi connectivity index (χ1v) is 20.9. The number of hydrogen-bond acceptors (Lipinski definition) is 14. The summed E-state index contributed by atoms with van der Waals surface area (Å²) in [6.07, 6.45) is -1.45. The normalized spacial score (nSPS) is 55.5. The summed E-state index contributed by atoms with van der Waals surface area (Å²) in [5.41, 5.74) is -0.743. The molecule has 0 amide bonds. The molecular formula is C41H64O14. The first-order chi connectivity index (χ1) is 26.0. The lowest BCUT2D eigenvalue weighted by Crippen LogP contribution is -2.62. The van der Waals surface area contributed by atoms with Crippen molar-refractivity contribution in [1.29, 1.82) is 0 Å². The molecule has 0 spiro atoms. The summed E-state index contributed by atoms with van der Waals surface area (Å²) in [6, 6.07) is 0. The van der Waals surface area contributed by atoms with Gasteiger partial charge in [0.05, 0.1) is 54.4 Å². The molecule has 0 bridgehead atoms. The van der Waals surface area contributed by atoms with Gasteiger partial charge in [0.25, 0.3) is 0 Å². The number of carbonyl (C=O) groups is 1. The Morgan fingerprint density at radius 3 is 1.98 bits per heavy atom. The highest BCUT2D eigenvalue weighted by Crippen LogP contribution is 2.70. The quantitative estimate of drug-likeness (QED) is 0.162. The third kappa shape index (κ3) is 7.05. The summed E-state index contributed by atoms with van der Waals surface area (Å²) in [7, 11) is 0. The number of rotatable bonds is 7. The Bertz CT molecular complexity index is 1420. The van der Waals surface area contributed by atoms with E-state index in [1.807, 2.05) is 6.92 Å². The van der Waals surface area contributed by atoms with Crippen LogP contribution in [0, 0.1) is 34.5 Å². The fourth-order valence-electron chi connectivity index (χ4n) is 12.8. The van der Waals surface area contributed by atoms with Crippen molar-refractivity contribution in [1.82, 2.24) is 0 Å². The predicted molar refractivity (Wildman–Crippen MR) is 193 cm³/mol. The first kappa shape index (κ1) is 40.5. The SMILES string of the molecule is C[C@H]1O[C@@H](O[C@H]2[C@@H](O[C@H]3C[C@H](O)[C@H](O)[C@@H](C)O3)C[C@H](O[C@H]3CC[C@@]4(C)[C@H](CC[C@@H]5[C@@H]4CC[C@]4(C)[C@@H](C6=CC(=O)OC6)[C@@H](O)C[C@]54O)C3)O[C@@H]2C)C[C@H](O)[C@@H]1O. The van der Waals surface area contributed by atoms with Gasteiger partial charge in [-0.3, -0.25) is 0 Å². The second-order valence-corrected chi connectivity index (χ2v) is 18.9. The van der Waals surface area contributed by atoms with Crippen molar-refractivity contribution < 1.29 is 68.6 Å². The van der Waals surface area contributed by atoms with E-state index in [0.717, 1.165) is 50.5 Å². The highest BCUT2D eigenvalue weighted by molar-refractivity contribution is 5.85. The largest absolute Gasteiger partial charge is 0.458 e. The van der Waals surface area contributed by atoms with E-state index >= 15 is 0 Å². The molecule has 4 heterocycles. The Hall–Kier alpha value is -1.27. The summed E-state index contributed by atoms with van der Waals surface area (Å²) in [5, 5.41) is 65.5. The summed E-state index contributed by atoms with van der Waals surface area (Å²) in [5.74, 6) is 0.103. The highest BCUT2D eigenvalue weighted by Gasteiger charge is 2.70. The maximum atomic E-state index is 12.6. The molecule has 0 aromatic rings. The second-order valence-electron chi connectivity index (χ2n) is 18.9. The van der Waals surface area contributed by atoms with Crippen molar-refractivity contribution in [3.63, 3.8) is 0 Å². The average Bonchev–Trinajstić information content (AvgIpc) is 3.63. The predicted octanol–water partition coefficient (Wildman–Crippen LogP) is 2.22. The fourth-order valence-corrected chi connectivity index (χ4v) is 12.8. The number of carbonyl (C=O) groups excluding carboxylic acids is 1. The zero-order chi connectivity index (χ0) is 39.2. The molecule has 55 heavy (non-hydrogen) atoms. The molecule has 0 aromatic carbocycles. The van der Waals surface area contributed by atoms with Crippen molar-refractivity contribution in [2.45, 2.75) is 197 Å². The molecule has 8 rings (SSSR count). The molecule has 4 aliphatic carbocycles. The minimum atomic E-state index is -1.03. The van der Waals surface area contributed by atoms with Crippen molar-refractivity contribution in [3.05, 3.63) is 11.6 Å². The molecule has 7 fully saturated rings. The fraction of sp³-hybridized carbons (Fsp3) is 0.927. The van der Waals surface area contributed by atoms with E-state index in [1.54, 1.807) is 13.8 Å². The number of cyclic esters (lactones) is 1. The molecule has 3 saturated heterocycles. The number of ether oxygens (including phenoxy) is 7. The monoisotopic (exact) mass is 780 g/mol. The molecule has 21 atom stereocenters. The van der Waals surface area contributed by atoms with Crippen LogP contribution in [0.1, 0.15) is 105 Å². The molecule has 14 heteroatoms. The minimum absolute atomic E-state index is 0.00949. The lowest BCUT2D eigenvalue weighted by molar-refractivity contribution is -0.344. The molecular weight excluding hydrogens is 716 g/mol. The number of esters is 1. The topological polar surface area (TPSA) is 203 Å². The van der Waals surface area contributed by atoms with Gasteiger partial charge < -0.3 is 63.8 Å². The Balaban J connectivity index is 0.936. The van der Waals surface area contributed by atoms with Crippen LogP contribution in [0.3, 0.4) is 0 Å². The number of aliphatic hydroxyl groups is 6. The smallest absolute Gasteiger partial charge is 0.331 e. The Morgan fingerprint density at radius 2 is 1.35 bits per heavy atom. The van der Waals surface area contributed by atoms with Gasteiger partial charge in [-0.05, 0) is 94.5 Å². The van der Waals surface area contributed by atoms with Crippen molar-refractivity contribution >= 4 is 5.97 Å². The zero-order valence-corrected chi connectivity index (χ0v) is 32.9. The van der Waals surface area contributed by atoms with Crippen molar-refractivity contribution in [2.24, 2.45) is 34.5 Å². The Labute approximate surface area is 323 Å². The van der Waals surface area contributed by atoms with Crippen LogP contribution < -0.4 is 0 Å². The third-order valence-electron chi connectivity index (χ3n) is 15.8. The van der Waals surface area contributed by atoms with Crippen LogP contribution in [0.4, 0.5) is 0 Å².